The summed E-state index contributed by atoms with van der Waals surface area (Å²) in [6.07, 6.45) is 1.13. The first kappa shape index (κ1) is 49.6. The molecule has 0 aliphatic heterocycles. The van der Waals surface area contributed by atoms with Gasteiger partial charge in [-0.2, -0.15) is 0 Å². The molecule has 270 valence electrons. The Morgan fingerprint density at radius 1 is 0.673 bits per heavy atom. The van der Waals surface area contributed by atoms with Crippen LogP contribution in [-0.2, 0) is 43.7 Å². The molecule has 0 spiro atoms. The molecule has 0 N–H and O–H groups in total. The van der Waals surface area contributed by atoms with Crippen molar-refractivity contribution in [3.63, 3.8) is 0 Å². The molecule has 12 atom stereocenters. The van der Waals surface area contributed by atoms with E-state index in [1.54, 1.807) is 0 Å². The van der Waals surface area contributed by atoms with Crippen molar-refractivity contribution in [2.75, 3.05) is 0 Å². The summed E-state index contributed by atoms with van der Waals surface area (Å²) in [5, 5.41) is 0. The van der Waals surface area contributed by atoms with Crippen molar-refractivity contribution in [2.24, 2.45) is 63.6 Å². The molecule has 0 aromatic rings. The average molecular weight is 783 g/mol. The third-order valence-electron chi connectivity index (χ3n) is 13.9. The maximum atomic E-state index is 12.0. The Kier molecular flexibility index (Phi) is 18.0. The minimum atomic E-state index is -5.35. The van der Waals surface area contributed by atoms with Gasteiger partial charge in [-0.3, -0.25) is 12.5 Å². The Labute approximate surface area is 362 Å². The van der Waals surface area contributed by atoms with E-state index in [1.807, 2.05) is 6.92 Å². The quantitative estimate of drug-likeness (QED) is 0.106. The largest absolute Gasteiger partial charge is 1.00 e. The van der Waals surface area contributed by atoms with Gasteiger partial charge in [0.05, 0.1) is 6.10 Å². The van der Waals surface area contributed by atoms with Gasteiger partial charge in [0.1, 0.15) is 12.2 Å². The van der Waals surface area contributed by atoms with Crippen LogP contribution in [0.3, 0.4) is 0 Å². The van der Waals surface area contributed by atoms with Crippen molar-refractivity contribution >= 4 is 31.2 Å². The molecule has 4 fully saturated rings. The molecule has 0 aromatic heterocycles. The van der Waals surface area contributed by atoms with Gasteiger partial charge in [0.25, 0.3) is 0 Å². The fourth-order valence-electron chi connectivity index (χ4n) is 10.6. The van der Waals surface area contributed by atoms with E-state index in [0.29, 0.717) is 23.7 Å². The van der Waals surface area contributed by atoms with Crippen molar-refractivity contribution in [1.29, 1.82) is 0 Å². The van der Waals surface area contributed by atoms with Crippen molar-refractivity contribution in [2.45, 2.75) is 131 Å². The van der Waals surface area contributed by atoms with E-state index in [0.717, 1.165) is 38.5 Å². The van der Waals surface area contributed by atoms with Crippen LogP contribution in [0.4, 0.5) is 0 Å². The number of rotatable bonds is 12. The fraction of sp³-hybridized carbons (Fsp3) is 1.00. The summed E-state index contributed by atoms with van der Waals surface area (Å²) in [6.45, 7) is 18.0. The van der Waals surface area contributed by atoms with Crippen LogP contribution in [0.2, 0.25) is 0 Å². The zero-order valence-electron chi connectivity index (χ0n) is 31.3. The smallest absolute Gasteiger partial charge is 0.726 e. The van der Waals surface area contributed by atoms with Gasteiger partial charge < -0.3 is 13.7 Å². The minimum absolute atomic E-state index is 0. The summed E-state index contributed by atoms with van der Waals surface area (Å²) in [6, 6.07) is 0. The Balaban J connectivity index is 0.00000400. The molecule has 0 radical (unpaired) electrons. The molecule has 18 heteroatoms. The van der Waals surface area contributed by atoms with Crippen LogP contribution in [0, 0.1) is 63.6 Å². The van der Waals surface area contributed by atoms with Crippen molar-refractivity contribution in [3.8, 4) is 0 Å². The third-order valence-corrected chi connectivity index (χ3v) is 15.4. The SMILES string of the molecule is CC(C)C(C)(C)C(C)CC[C@@H](C)[C@H]1CCC2C3C[C@H](OS(=O)(=O)[O-])C4C[C@H](OS(=O)(=O)[O-])[C@@H](OS(=O)(=O)[O-])C[C@]4(C)C3CC[C@@]21C.[Na+].[Na+].[Na+]. The van der Waals surface area contributed by atoms with Crippen LogP contribution in [0.15, 0.2) is 0 Å². The maximum absolute atomic E-state index is 12.0. The van der Waals surface area contributed by atoms with Gasteiger partial charge in [0.2, 0.25) is 31.2 Å². The Bertz CT molecular complexity index is 1440. The van der Waals surface area contributed by atoms with Crippen LogP contribution in [-0.4, -0.2) is 57.2 Å². The predicted molar refractivity (Wildman–Crippen MR) is 166 cm³/mol. The van der Waals surface area contributed by atoms with Crippen molar-refractivity contribution < 1.29 is 140 Å². The molecule has 0 bridgehead atoms. The minimum Gasteiger partial charge on any atom is -0.726 e. The van der Waals surface area contributed by atoms with Gasteiger partial charge in [-0.25, -0.2) is 25.3 Å². The zero-order valence-corrected chi connectivity index (χ0v) is 39.8. The molecule has 4 aliphatic carbocycles. The molecule has 0 amide bonds. The molecule has 4 aliphatic rings. The summed E-state index contributed by atoms with van der Waals surface area (Å²) in [4.78, 5) is 0. The Hall–Kier alpha value is 2.61. The van der Waals surface area contributed by atoms with E-state index >= 15 is 0 Å². The van der Waals surface area contributed by atoms with Crippen molar-refractivity contribution in [1.82, 2.24) is 0 Å². The topological polar surface area (TPSA) is 199 Å². The first-order valence-corrected chi connectivity index (χ1v) is 20.7. The summed E-state index contributed by atoms with van der Waals surface area (Å²) >= 11 is 0. The summed E-state index contributed by atoms with van der Waals surface area (Å²) < 4.78 is 120. The summed E-state index contributed by atoms with van der Waals surface area (Å²) in [7, 11) is -15.8. The standard InChI is InChI=1S/C31H56O12S3.3Na/c1-18(2)29(5,6)20(4)10-9-19(3)22-11-12-23-21-15-26(41-44(32,33)34)25-16-27(42-45(35,36)37)28(43-46(38,39)40)17-31(25,8)24(21)13-14-30(22,23)7;;;/h18-28H,9-17H2,1-8H3,(H,32,33,34)(H,35,36,37)(H,38,39,40);;;/q;3*+1/p-3/t19-,20?,21?,22-,23?,24?,25?,26+,27+,28+,30-,31-;;;/m1.../s1. The van der Waals surface area contributed by atoms with E-state index in [1.165, 1.54) is 0 Å². The molecular weight excluding hydrogens is 730 g/mol. The van der Waals surface area contributed by atoms with Crippen LogP contribution in [0.5, 0.6) is 0 Å². The summed E-state index contributed by atoms with van der Waals surface area (Å²) in [5.74, 6) is 1.33. The molecule has 49 heavy (non-hydrogen) atoms. The second-order valence-corrected chi connectivity index (χ2v) is 19.5. The van der Waals surface area contributed by atoms with Crippen molar-refractivity contribution in [3.05, 3.63) is 0 Å². The average Bonchev–Trinajstić information content (AvgIpc) is 3.22. The monoisotopic (exact) mass is 782 g/mol. The number of hydrogen-bond acceptors (Lipinski definition) is 12. The van der Waals surface area contributed by atoms with Gasteiger partial charge in [-0.1, -0.05) is 61.8 Å². The third kappa shape index (κ3) is 11.4. The normalized spacial score (nSPS) is 37.7. The molecule has 12 nitrogen and oxygen atoms in total. The van der Waals surface area contributed by atoms with Crippen LogP contribution in [0.1, 0.15) is 113 Å². The van der Waals surface area contributed by atoms with Gasteiger partial charge in [-0.05, 0) is 115 Å². The molecule has 4 saturated carbocycles. The second kappa shape index (κ2) is 17.8. The summed E-state index contributed by atoms with van der Waals surface area (Å²) in [5.41, 5.74) is -0.713. The van der Waals surface area contributed by atoms with E-state index in [9.17, 15) is 38.9 Å². The second-order valence-electron chi connectivity index (χ2n) is 16.5. The van der Waals surface area contributed by atoms with Gasteiger partial charge in [0, 0.05) is 0 Å². The van der Waals surface area contributed by atoms with E-state index in [4.69, 9.17) is 8.37 Å². The first-order valence-electron chi connectivity index (χ1n) is 16.7. The molecule has 0 saturated heterocycles. The van der Waals surface area contributed by atoms with E-state index in [2.05, 4.69) is 52.6 Å². The van der Waals surface area contributed by atoms with Gasteiger partial charge in [-0.15, -0.1) is 0 Å². The molecular formula is C31H53Na3O12S3. The fourth-order valence-corrected chi connectivity index (χ4v) is 12.2. The van der Waals surface area contributed by atoms with Gasteiger partial charge >= 0.3 is 88.7 Å². The Morgan fingerprint density at radius 2 is 1.16 bits per heavy atom. The molecule has 0 aromatic carbocycles. The van der Waals surface area contributed by atoms with E-state index in [-0.39, 0.29) is 137 Å². The van der Waals surface area contributed by atoms with E-state index < -0.39 is 60.8 Å². The van der Waals surface area contributed by atoms with Crippen LogP contribution in [0.25, 0.3) is 0 Å². The van der Waals surface area contributed by atoms with Gasteiger partial charge in [0.15, 0.2) is 0 Å². The number of hydrogen-bond donors (Lipinski definition) is 0. The maximum Gasteiger partial charge on any atom is 1.00 e. The molecule has 4 rings (SSSR count). The molecule has 5 unspecified atom stereocenters. The first-order chi connectivity index (χ1) is 20.8. The number of fused-ring (bicyclic) bond motifs is 5. The Morgan fingerprint density at radius 3 is 1.67 bits per heavy atom. The molecule has 0 heterocycles. The zero-order chi connectivity index (χ0) is 34.8. The van der Waals surface area contributed by atoms with Crippen LogP contribution < -0.4 is 88.7 Å². The van der Waals surface area contributed by atoms with Crippen LogP contribution >= 0.6 is 0 Å². The predicted octanol–water partition coefficient (Wildman–Crippen LogP) is -3.85.